The van der Waals surface area contributed by atoms with Gasteiger partial charge in [-0.2, -0.15) is 0 Å². The van der Waals surface area contributed by atoms with Crippen molar-refractivity contribution in [1.29, 1.82) is 0 Å². The van der Waals surface area contributed by atoms with E-state index in [4.69, 9.17) is 0 Å². The van der Waals surface area contributed by atoms with Crippen LogP contribution in [0.2, 0.25) is 0 Å². The number of amides is 2. The van der Waals surface area contributed by atoms with Crippen LogP contribution in [0.1, 0.15) is 43.7 Å². The van der Waals surface area contributed by atoms with E-state index in [0.29, 0.717) is 38.9 Å². The van der Waals surface area contributed by atoms with Crippen LogP contribution in [0, 0.1) is 0 Å². The van der Waals surface area contributed by atoms with E-state index in [1.807, 2.05) is 30.3 Å². The second-order valence-electron chi connectivity index (χ2n) is 6.41. The molecule has 2 aliphatic rings. The van der Waals surface area contributed by atoms with Crippen molar-refractivity contribution in [3.05, 3.63) is 35.9 Å². The molecule has 2 fully saturated rings. The Morgan fingerprint density at radius 3 is 2.43 bits per heavy atom. The zero-order valence-electron chi connectivity index (χ0n) is 13.4. The molecule has 0 bridgehead atoms. The maximum atomic E-state index is 13.1. The van der Waals surface area contributed by atoms with Crippen LogP contribution in [0.15, 0.2) is 30.3 Å². The molecule has 1 atom stereocenters. The number of nitrogens with zero attached hydrogens (tertiary/aromatic N) is 2. The quantitative estimate of drug-likeness (QED) is 0.924. The maximum absolute atomic E-state index is 13.1. The minimum atomic E-state index is -0.528. The van der Waals surface area contributed by atoms with Crippen molar-refractivity contribution >= 4 is 11.8 Å². The molecule has 2 amide bonds. The highest BCUT2D eigenvalue weighted by Crippen LogP contribution is 2.28. The SMILES string of the molecule is O=C(C(c1ccccc1)N1CCCCC1=O)N1CCC(O)CC1. The van der Waals surface area contributed by atoms with E-state index in [-0.39, 0.29) is 17.9 Å². The Labute approximate surface area is 136 Å². The largest absolute Gasteiger partial charge is 0.393 e. The fourth-order valence-corrected chi connectivity index (χ4v) is 3.45. The number of carbonyl (C=O) groups excluding carboxylic acids is 2. The molecule has 2 aliphatic heterocycles. The first-order valence-electron chi connectivity index (χ1n) is 8.48. The molecule has 124 valence electrons. The average molecular weight is 316 g/mol. The highest BCUT2D eigenvalue weighted by molar-refractivity contribution is 5.89. The number of rotatable bonds is 3. The van der Waals surface area contributed by atoms with Gasteiger partial charge in [-0.25, -0.2) is 0 Å². The molecule has 2 heterocycles. The van der Waals surface area contributed by atoms with Gasteiger partial charge >= 0.3 is 0 Å². The van der Waals surface area contributed by atoms with E-state index in [9.17, 15) is 14.7 Å². The highest BCUT2D eigenvalue weighted by Gasteiger charge is 2.36. The molecule has 0 radical (unpaired) electrons. The van der Waals surface area contributed by atoms with Gasteiger partial charge in [-0.05, 0) is 31.2 Å². The van der Waals surface area contributed by atoms with Crippen molar-refractivity contribution in [2.24, 2.45) is 0 Å². The van der Waals surface area contributed by atoms with Gasteiger partial charge in [0.05, 0.1) is 6.10 Å². The molecular weight excluding hydrogens is 292 g/mol. The summed E-state index contributed by atoms with van der Waals surface area (Å²) in [5, 5.41) is 9.65. The Balaban J connectivity index is 1.85. The summed E-state index contributed by atoms with van der Waals surface area (Å²) in [7, 11) is 0. The molecule has 1 N–H and O–H groups in total. The van der Waals surface area contributed by atoms with Crippen LogP contribution < -0.4 is 0 Å². The summed E-state index contributed by atoms with van der Waals surface area (Å²) >= 11 is 0. The van der Waals surface area contributed by atoms with Crippen molar-refractivity contribution in [2.45, 2.75) is 44.2 Å². The summed E-state index contributed by atoms with van der Waals surface area (Å²) < 4.78 is 0. The lowest BCUT2D eigenvalue weighted by Gasteiger charge is -2.38. The number of aliphatic hydroxyl groups is 1. The Hall–Kier alpha value is -1.88. The predicted molar refractivity (Wildman–Crippen MR) is 86.6 cm³/mol. The molecular formula is C18H24N2O3. The van der Waals surface area contributed by atoms with Gasteiger partial charge < -0.3 is 14.9 Å². The summed E-state index contributed by atoms with van der Waals surface area (Å²) in [5.74, 6) is 0.0499. The van der Waals surface area contributed by atoms with Crippen molar-refractivity contribution < 1.29 is 14.7 Å². The number of hydrogen-bond donors (Lipinski definition) is 1. The number of piperidine rings is 2. The third-order valence-electron chi connectivity index (χ3n) is 4.80. The van der Waals surface area contributed by atoms with E-state index >= 15 is 0 Å². The summed E-state index contributed by atoms with van der Waals surface area (Å²) in [6.07, 6.45) is 3.28. The third kappa shape index (κ3) is 3.55. The van der Waals surface area contributed by atoms with Crippen molar-refractivity contribution in [2.75, 3.05) is 19.6 Å². The molecule has 0 aromatic heterocycles. The van der Waals surface area contributed by atoms with E-state index < -0.39 is 6.04 Å². The summed E-state index contributed by atoms with van der Waals surface area (Å²) in [5.41, 5.74) is 0.874. The van der Waals surface area contributed by atoms with Crippen LogP contribution >= 0.6 is 0 Å². The topological polar surface area (TPSA) is 60.9 Å². The third-order valence-corrected chi connectivity index (χ3v) is 4.80. The van der Waals surface area contributed by atoms with E-state index in [1.165, 1.54) is 0 Å². The lowest BCUT2D eigenvalue weighted by molar-refractivity contribution is -0.149. The van der Waals surface area contributed by atoms with Gasteiger partial charge in [0, 0.05) is 26.1 Å². The van der Waals surface area contributed by atoms with Crippen LogP contribution in [0.5, 0.6) is 0 Å². The van der Waals surface area contributed by atoms with Gasteiger partial charge in [0.2, 0.25) is 11.8 Å². The van der Waals surface area contributed by atoms with Crippen LogP contribution in [0.3, 0.4) is 0 Å². The maximum Gasteiger partial charge on any atom is 0.250 e. The minimum Gasteiger partial charge on any atom is -0.393 e. The molecule has 5 nitrogen and oxygen atoms in total. The zero-order chi connectivity index (χ0) is 16.2. The molecule has 1 aromatic rings. The lowest BCUT2D eigenvalue weighted by atomic mass is 9.98. The number of likely N-dealkylation sites (tertiary alicyclic amines) is 2. The van der Waals surface area contributed by atoms with Gasteiger partial charge in [-0.1, -0.05) is 30.3 Å². The van der Waals surface area contributed by atoms with Crippen LogP contribution in [-0.2, 0) is 9.59 Å². The summed E-state index contributed by atoms with van der Waals surface area (Å²) in [6, 6.07) is 9.04. The van der Waals surface area contributed by atoms with E-state index in [1.54, 1.807) is 9.80 Å². The first kappa shape index (κ1) is 16.0. The Morgan fingerprint density at radius 1 is 1.09 bits per heavy atom. The standard InChI is InChI=1S/C18H24N2O3/c21-15-9-12-19(13-10-15)18(23)17(14-6-2-1-3-7-14)20-11-5-4-8-16(20)22/h1-3,6-7,15,17,21H,4-5,8-13H2. The van der Waals surface area contributed by atoms with Crippen molar-refractivity contribution in [3.8, 4) is 0 Å². The second-order valence-corrected chi connectivity index (χ2v) is 6.41. The fraction of sp³-hybridized carbons (Fsp3) is 0.556. The number of aliphatic hydroxyl groups excluding tert-OH is 1. The molecule has 0 spiro atoms. The molecule has 0 aliphatic carbocycles. The summed E-state index contributed by atoms with van der Waals surface area (Å²) in [6.45, 7) is 1.76. The van der Waals surface area contributed by atoms with Gasteiger partial charge in [-0.15, -0.1) is 0 Å². The Kier molecular flexibility index (Phi) is 4.96. The monoisotopic (exact) mass is 316 g/mol. The highest BCUT2D eigenvalue weighted by atomic mass is 16.3. The predicted octanol–water partition coefficient (Wildman–Crippen LogP) is 1.72. The van der Waals surface area contributed by atoms with E-state index in [2.05, 4.69) is 0 Å². The first-order valence-corrected chi connectivity index (χ1v) is 8.48. The van der Waals surface area contributed by atoms with Gasteiger partial charge in [-0.3, -0.25) is 9.59 Å². The zero-order valence-corrected chi connectivity index (χ0v) is 13.4. The Morgan fingerprint density at radius 2 is 1.78 bits per heavy atom. The summed E-state index contributed by atoms with van der Waals surface area (Å²) in [4.78, 5) is 29.0. The first-order chi connectivity index (χ1) is 11.2. The number of benzene rings is 1. The van der Waals surface area contributed by atoms with Crippen LogP contribution in [0.25, 0.3) is 0 Å². The molecule has 1 unspecified atom stereocenters. The van der Waals surface area contributed by atoms with Crippen LogP contribution in [0.4, 0.5) is 0 Å². The molecule has 3 rings (SSSR count). The molecule has 1 aromatic carbocycles. The lowest BCUT2D eigenvalue weighted by Crippen LogP contribution is -2.49. The smallest absolute Gasteiger partial charge is 0.250 e. The fourth-order valence-electron chi connectivity index (χ4n) is 3.45. The Bertz CT molecular complexity index is 553. The minimum absolute atomic E-state index is 0.0154. The molecule has 2 saturated heterocycles. The number of hydrogen-bond acceptors (Lipinski definition) is 3. The number of carbonyl (C=O) groups is 2. The van der Waals surface area contributed by atoms with Crippen LogP contribution in [-0.4, -0.2) is 52.5 Å². The second kappa shape index (κ2) is 7.13. The van der Waals surface area contributed by atoms with Crippen molar-refractivity contribution in [1.82, 2.24) is 9.80 Å². The van der Waals surface area contributed by atoms with E-state index in [0.717, 1.165) is 18.4 Å². The van der Waals surface area contributed by atoms with Gasteiger partial charge in [0.25, 0.3) is 0 Å². The van der Waals surface area contributed by atoms with Crippen molar-refractivity contribution in [3.63, 3.8) is 0 Å². The van der Waals surface area contributed by atoms with Gasteiger partial charge in [0.1, 0.15) is 6.04 Å². The molecule has 5 heteroatoms. The van der Waals surface area contributed by atoms with Gasteiger partial charge in [0.15, 0.2) is 0 Å². The normalized spacial score (nSPS) is 21.3. The molecule has 23 heavy (non-hydrogen) atoms. The average Bonchev–Trinajstić information content (AvgIpc) is 2.58. The molecule has 0 saturated carbocycles.